The molecule has 1 fully saturated rings. The summed E-state index contributed by atoms with van der Waals surface area (Å²) in [4.78, 5) is 23.4. The lowest BCUT2D eigenvalue weighted by Crippen LogP contribution is -2.74. The monoisotopic (exact) mass is 510 g/mol. The highest BCUT2D eigenvalue weighted by molar-refractivity contribution is 6.33. The third-order valence-corrected chi connectivity index (χ3v) is 7.85. The Morgan fingerprint density at radius 2 is 1.83 bits per heavy atom. The maximum Gasteiger partial charge on any atom is 0.253 e. The third kappa shape index (κ3) is 6.02. The van der Waals surface area contributed by atoms with Crippen LogP contribution in [0.3, 0.4) is 0 Å². The van der Waals surface area contributed by atoms with E-state index in [1.54, 1.807) is 24.4 Å². The lowest BCUT2D eigenvalue weighted by Gasteiger charge is -2.63. The minimum Gasteiger partial charge on any atom is -0.489 e. The van der Waals surface area contributed by atoms with Crippen molar-refractivity contribution in [3.05, 3.63) is 64.2 Å². The third-order valence-electron chi connectivity index (χ3n) is 7.55. The number of hydrogen-bond donors (Lipinski definition) is 1. The van der Waals surface area contributed by atoms with Crippen LogP contribution in [-0.2, 0) is 6.42 Å². The van der Waals surface area contributed by atoms with Crippen LogP contribution >= 0.6 is 11.6 Å². The van der Waals surface area contributed by atoms with Crippen LogP contribution in [0.2, 0.25) is 5.02 Å². The van der Waals surface area contributed by atoms with E-state index in [-0.39, 0.29) is 28.9 Å². The Labute approximate surface area is 221 Å². The molecule has 0 unspecified atom stereocenters. The number of hydrogen-bond acceptors (Lipinski definition) is 4. The normalized spacial score (nSPS) is 19.9. The van der Waals surface area contributed by atoms with Crippen LogP contribution in [-0.4, -0.2) is 47.6 Å². The fraction of sp³-hybridized carbons (Fsp3) is 0.552. The Bertz CT molecular complexity index is 1070. The molecule has 0 radical (unpaired) electrons. The molecule has 1 saturated carbocycles. The second kappa shape index (κ2) is 11.6. The topological polar surface area (TPSA) is 58.8 Å². The van der Waals surface area contributed by atoms with E-state index in [0.717, 1.165) is 44.6 Å². The highest BCUT2D eigenvalue weighted by atomic mass is 35.5. The Morgan fingerprint density at radius 1 is 1.14 bits per heavy atom. The Hall–Kier alpha value is -2.62. The van der Waals surface area contributed by atoms with Crippen molar-refractivity contribution in [2.75, 3.05) is 19.6 Å². The number of amides is 1. The molecule has 1 aliphatic carbocycles. The number of rotatable bonds is 11. The summed E-state index contributed by atoms with van der Waals surface area (Å²) in [6.07, 6.45) is 4.71. The quantitative estimate of drug-likeness (QED) is 0.274. The largest absolute Gasteiger partial charge is 0.489 e. The van der Waals surface area contributed by atoms with Gasteiger partial charge in [0.2, 0.25) is 5.69 Å². The van der Waals surface area contributed by atoms with E-state index >= 15 is 0 Å². The molecular formula is C29H39ClN4O2. The lowest BCUT2D eigenvalue weighted by molar-refractivity contribution is -0.164. The van der Waals surface area contributed by atoms with Crippen LogP contribution < -0.4 is 10.1 Å². The number of ether oxygens (including phenoxy) is 1. The maximum atomic E-state index is 13.1. The van der Waals surface area contributed by atoms with Gasteiger partial charge in [0, 0.05) is 28.8 Å². The van der Waals surface area contributed by atoms with Crippen molar-refractivity contribution < 1.29 is 9.53 Å². The van der Waals surface area contributed by atoms with Gasteiger partial charge in [-0.3, -0.25) is 9.78 Å². The van der Waals surface area contributed by atoms with E-state index in [2.05, 4.69) is 61.6 Å². The average Bonchev–Trinajstić information content (AvgIpc) is 2.86. The molecule has 1 heterocycles. The minimum absolute atomic E-state index is 0.0831. The smallest absolute Gasteiger partial charge is 0.253 e. The molecule has 2 aromatic rings. The van der Waals surface area contributed by atoms with Gasteiger partial charge in [0.25, 0.3) is 5.91 Å². The zero-order valence-electron chi connectivity index (χ0n) is 22.4. The van der Waals surface area contributed by atoms with Crippen LogP contribution in [0, 0.1) is 17.4 Å². The fourth-order valence-electron chi connectivity index (χ4n) is 5.69. The van der Waals surface area contributed by atoms with Gasteiger partial charge in [-0.05, 0) is 63.2 Å². The number of benzene rings is 1. The molecule has 0 spiro atoms. The lowest BCUT2D eigenvalue weighted by atomic mass is 9.49. The fourth-order valence-corrected chi connectivity index (χ4v) is 5.90. The van der Waals surface area contributed by atoms with E-state index in [4.69, 9.17) is 22.9 Å². The van der Waals surface area contributed by atoms with Crippen molar-refractivity contribution in [2.45, 2.75) is 73.0 Å². The standard InChI is InChI=1S/C29H39ClN4O2/c1-8-34(9-2)17-11-10-12-21-14-13-20(19-32-21)25(35)33-26-28(3,4)27(29(26,5)6)36-22-15-16-24(31-7)23(30)18-22/h13-16,18-19,26-27H,8-12,17H2,1-6H3,(H,33,35). The van der Waals surface area contributed by atoms with Crippen molar-refractivity contribution >= 4 is 23.2 Å². The summed E-state index contributed by atoms with van der Waals surface area (Å²) in [5, 5.41) is 3.60. The minimum atomic E-state index is -0.303. The first kappa shape index (κ1) is 28.0. The molecule has 6 nitrogen and oxygen atoms in total. The van der Waals surface area contributed by atoms with Crippen molar-refractivity contribution in [1.82, 2.24) is 15.2 Å². The summed E-state index contributed by atoms with van der Waals surface area (Å²) < 4.78 is 6.32. The van der Waals surface area contributed by atoms with E-state index < -0.39 is 0 Å². The van der Waals surface area contributed by atoms with Gasteiger partial charge in [-0.1, -0.05) is 59.2 Å². The highest BCUT2D eigenvalue weighted by Gasteiger charge is 2.64. The van der Waals surface area contributed by atoms with E-state index in [9.17, 15) is 4.79 Å². The van der Waals surface area contributed by atoms with Crippen molar-refractivity contribution in [2.24, 2.45) is 10.8 Å². The van der Waals surface area contributed by atoms with Crippen LogP contribution in [0.25, 0.3) is 4.85 Å². The van der Waals surface area contributed by atoms with Crippen molar-refractivity contribution in [3.63, 3.8) is 0 Å². The van der Waals surface area contributed by atoms with Crippen LogP contribution in [0.4, 0.5) is 5.69 Å². The van der Waals surface area contributed by atoms with Crippen LogP contribution in [0.15, 0.2) is 36.5 Å². The first-order chi connectivity index (χ1) is 17.0. The second-order valence-corrected chi connectivity index (χ2v) is 11.2. The molecule has 0 bridgehead atoms. The molecule has 1 amide bonds. The molecule has 1 aliphatic rings. The molecule has 1 aromatic heterocycles. The second-order valence-electron chi connectivity index (χ2n) is 10.8. The maximum absolute atomic E-state index is 13.1. The number of pyridine rings is 1. The predicted octanol–water partition coefficient (Wildman–Crippen LogP) is 6.56. The van der Waals surface area contributed by atoms with Crippen LogP contribution in [0.5, 0.6) is 5.75 Å². The SMILES string of the molecule is [C-]#[N+]c1ccc(OC2C(C)(C)C(NC(=O)c3ccc(CCCCN(CC)CC)nc3)C2(C)C)cc1Cl. The number of nitrogens with one attached hydrogen (secondary N) is 1. The summed E-state index contributed by atoms with van der Waals surface area (Å²) in [5.41, 5.74) is 1.39. The molecule has 1 aromatic carbocycles. The summed E-state index contributed by atoms with van der Waals surface area (Å²) in [7, 11) is 0. The number of unbranched alkanes of at least 4 members (excludes halogenated alkanes) is 1. The van der Waals surface area contributed by atoms with Gasteiger partial charge in [-0.25, -0.2) is 4.85 Å². The Balaban J connectivity index is 1.57. The molecule has 0 aliphatic heterocycles. The van der Waals surface area contributed by atoms with Crippen molar-refractivity contribution in [3.8, 4) is 5.75 Å². The molecule has 7 heteroatoms. The Kier molecular flexibility index (Phi) is 9.03. The first-order valence-electron chi connectivity index (χ1n) is 12.9. The predicted molar refractivity (Wildman–Crippen MR) is 146 cm³/mol. The molecule has 194 valence electrons. The van der Waals surface area contributed by atoms with Gasteiger partial charge in [0.1, 0.15) is 11.9 Å². The van der Waals surface area contributed by atoms with Gasteiger partial charge in [0.15, 0.2) is 0 Å². The zero-order chi connectivity index (χ0) is 26.5. The number of nitrogens with zero attached hydrogens (tertiary/aromatic N) is 3. The van der Waals surface area contributed by atoms with Crippen LogP contribution in [0.1, 0.15) is 70.4 Å². The van der Waals surface area contributed by atoms with E-state index in [1.807, 2.05) is 12.1 Å². The van der Waals surface area contributed by atoms with Gasteiger partial charge in [0.05, 0.1) is 17.2 Å². The highest BCUT2D eigenvalue weighted by Crippen LogP contribution is 2.55. The summed E-state index contributed by atoms with van der Waals surface area (Å²) >= 11 is 6.19. The Morgan fingerprint density at radius 3 is 2.39 bits per heavy atom. The van der Waals surface area contributed by atoms with Gasteiger partial charge < -0.3 is 15.0 Å². The summed E-state index contributed by atoms with van der Waals surface area (Å²) in [5.74, 6) is 0.504. The first-order valence-corrected chi connectivity index (χ1v) is 13.2. The molecular weight excluding hydrogens is 472 g/mol. The van der Waals surface area contributed by atoms with E-state index in [0.29, 0.717) is 22.0 Å². The summed E-state index contributed by atoms with van der Waals surface area (Å²) in [6.45, 7) is 23.2. The molecule has 0 saturated heterocycles. The van der Waals surface area contributed by atoms with Gasteiger partial charge in [-0.15, -0.1) is 0 Å². The zero-order valence-corrected chi connectivity index (χ0v) is 23.2. The van der Waals surface area contributed by atoms with E-state index in [1.165, 1.54) is 0 Å². The summed E-state index contributed by atoms with van der Waals surface area (Å²) in [6, 6.07) is 8.88. The molecule has 3 rings (SSSR count). The number of carbonyl (C=O) groups excluding carboxylic acids is 1. The number of aromatic nitrogens is 1. The number of carbonyl (C=O) groups is 1. The average molecular weight is 511 g/mol. The van der Waals surface area contributed by atoms with Gasteiger partial charge in [-0.2, -0.15) is 0 Å². The van der Waals surface area contributed by atoms with Gasteiger partial charge >= 0.3 is 0 Å². The molecule has 1 N–H and O–H groups in total. The number of halogens is 1. The number of aryl methyl sites for hydroxylation is 1. The molecule has 0 atom stereocenters. The molecule has 36 heavy (non-hydrogen) atoms. The van der Waals surface area contributed by atoms with Crippen molar-refractivity contribution in [1.29, 1.82) is 0 Å².